The van der Waals surface area contributed by atoms with Crippen LogP contribution >= 0.6 is 0 Å². The summed E-state index contributed by atoms with van der Waals surface area (Å²) in [5.41, 5.74) is 3.16. The highest BCUT2D eigenvalue weighted by molar-refractivity contribution is 5.78. The predicted molar refractivity (Wildman–Crippen MR) is 119 cm³/mol. The van der Waals surface area contributed by atoms with E-state index in [1.165, 1.54) is 0 Å². The zero-order chi connectivity index (χ0) is 21.5. The van der Waals surface area contributed by atoms with Gasteiger partial charge in [-0.25, -0.2) is 4.68 Å². The molecule has 0 aliphatic rings. The molecular weight excluding hydrogens is 388 g/mol. The Morgan fingerprint density at radius 3 is 2.35 bits per heavy atom. The number of likely N-dealkylation sites (N-methyl/N-ethyl adjacent to an activating group) is 1. The summed E-state index contributed by atoms with van der Waals surface area (Å²) < 4.78 is 7.33. The molecule has 0 atom stereocenters. The number of aromatic nitrogens is 2. The van der Waals surface area contributed by atoms with Gasteiger partial charge in [-0.15, -0.1) is 0 Å². The summed E-state index contributed by atoms with van der Waals surface area (Å²) in [6.07, 6.45) is 5.48. The van der Waals surface area contributed by atoms with E-state index in [1.807, 2.05) is 107 Å². The lowest BCUT2D eigenvalue weighted by molar-refractivity contribution is -0.133. The fraction of sp³-hybridized carbons (Fsp3) is 0.200. The molecule has 0 aliphatic carbocycles. The molecule has 6 heteroatoms. The number of furan rings is 1. The molecule has 0 saturated heterocycles. The fourth-order valence-corrected chi connectivity index (χ4v) is 3.49. The highest BCUT2D eigenvalue weighted by atomic mass is 16.3. The second kappa shape index (κ2) is 9.91. The number of rotatable bonds is 9. The fourth-order valence-electron chi connectivity index (χ4n) is 3.49. The molecule has 0 aliphatic heterocycles. The van der Waals surface area contributed by atoms with Crippen molar-refractivity contribution >= 4 is 5.91 Å². The molecule has 0 fully saturated rings. The first-order chi connectivity index (χ1) is 15.2. The Bertz CT molecular complexity index is 1080. The van der Waals surface area contributed by atoms with E-state index in [9.17, 15) is 4.79 Å². The molecule has 0 radical (unpaired) electrons. The minimum Gasteiger partial charge on any atom is -0.467 e. The number of amides is 1. The first-order valence-electron chi connectivity index (χ1n) is 10.3. The Labute approximate surface area is 182 Å². The summed E-state index contributed by atoms with van der Waals surface area (Å²) in [5, 5.41) is 4.44. The van der Waals surface area contributed by atoms with Crippen LogP contribution < -0.4 is 0 Å². The molecular formula is C25H26N4O2. The largest absolute Gasteiger partial charge is 0.467 e. The van der Waals surface area contributed by atoms with Crippen LogP contribution in [0.1, 0.15) is 16.9 Å². The molecule has 0 saturated carbocycles. The molecule has 0 N–H and O–H groups in total. The van der Waals surface area contributed by atoms with E-state index < -0.39 is 0 Å². The quantitative estimate of drug-likeness (QED) is 0.413. The van der Waals surface area contributed by atoms with E-state index in [2.05, 4.69) is 5.10 Å². The molecule has 4 rings (SSSR count). The van der Waals surface area contributed by atoms with Gasteiger partial charge in [-0.1, -0.05) is 48.5 Å². The molecule has 0 spiro atoms. The van der Waals surface area contributed by atoms with E-state index >= 15 is 0 Å². The molecule has 6 nitrogen and oxygen atoms in total. The van der Waals surface area contributed by atoms with E-state index in [1.54, 1.807) is 6.26 Å². The van der Waals surface area contributed by atoms with Crippen LogP contribution in [0.25, 0.3) is 5.69 Å². The van der Waals surface area contributed by atoms with Crippen molar-refractivity contribution in [1.82, 2.24) is 19.6 Å². The third-order valence-corrected chi connectivity index (χ3v) is 5.01. The Kier molecular flexibility index (Phi) is 6.59. The van der Waals surface area contributed by atoms with Gasteiger partial charge in [0, 0.05) is 24.8 Å². The van der Waals surface area contributed by atoms with Gasteiger partial charge in [-0.2, -0.15) is 5.10 Å². The smallest absolute Gasteiger partial charge is 0.237 e. The highest BCUT2D eigenvalue weighted by Crippen LogP contribution is 2.13. The summed E-state index contributed by atoms with van der Waals surface area (Å²) in [7, 11) is 1.95. The van der Waals surface area contributed by atoms with Crippen LogP contribution in [0.2, 0.25) is 0 Å². The third-order valence-electron chi connectivity index (χ3n) is 5.01. The molecule has 2 aromatic carbocycles. The van der Waals surface area contributed by atoms with Gasteiger partial charge >= 0.3 is 0 Å². The van der Waals surface area contributed by atoms with Gasteiger partial charge in [-0.05, 0) is 36.9 Å². The second-order valence-corrected chi connectivity index (χ2v) is 7.62. The van der Waals surface area contributed by atoms with Gasteiger partial charge < -0.3 is 9.32 Å². The van der Waals surface area contributed by atoms with Crippen molar-refractivity contribution in [2.45, 2.75) is 19.6 Å². The van der Waals surface area contributed by atoms with Crippen LogP contribution in [-0.2, 0) is 24.4 Å². The van der Waals surface area contributed by atoms with Gasteiger partial charge in [0.1, 0.15) is 5.76 Å². The standard InChI is InChI=1S/C25H26N4O2/c1-27(16-22-15-26-29(18-22)23-11-6-3-7-12-23)20-25(30)28(19-24-13-8-14-31-24)17-21-9-4-2-5-10-21/h2-15,18H,16-17,19-20H2,1H3. The van der Waals surface area contributed by atoms with Crippen molar-refractivity contribution in [2.24, 2.45) is 0 Å². The van der Waals surface area contributed by atoms with Crippen LogP contribution in [0.5, 0.6) is 0 Å². The average molecular weight is 415 g/mol. The van der Waals surface area contributed by atoms with Crippen molar-refractivity contribution in [1.29, 1.82) is 0 Å². The zero-order valence-corrected chi connectivity index (χ0v) is 17.6. The number of hydrogen-bond donors (Lipinski definition) is 0. The lowest BCUT2D eigenvalue weighted by Crippen LogP contribution is -2.38. The van der Waals surface area contributed by atoms with Gasteiger partial charge in [0.25, 0.3) is 0 Å². The third kappa shape index (κ3) is 5.71. The number of nitrogens with zero attached hydrogens (tertiary/aromatic N) is 4. The van der Waals surface area contributed by atoms with Crippen LogP contribution in [0.4, 0.5) is 0 Å². The summed E-state index contributed by atoms with van der Waals surface area (Å²) in [6, 6.07) is 23.7. The van der Waals surface area contributed by atoms with Crippen LogP contribution in [0, 0.1) is 0 Å². The molecule has 0 unspecified atom stereocenters. The number of carbonyl (C=O) groups is 1. The Hall–Kier alpha value is -3.64. The van der Waals surface area contributed by atoms with E-state index in [0.717, 1.165) is 22.6 Å². The van der Waals surface area contributed by atoms with Gasteiger partial charge in [-0.3, -0.25) is 9.69 Å². The number of para-hydroxylation sites is 1. The number of hydrogen-bond acceptors (Lipinski definition) is 4. The molecule has 2 heterocycles. The maximum Gasteiger partial charge on any atom is 0.237 e. The summed E-state index contributed by atoms with van der Waals surface area (Å²) in [4.78, 5) is 17.0. The summed E-state index contributed by atoms with van der Waals surface area (Å²) in [6.45, 7) is 1.93. The number of carbonyl (C=O) groups excluding carboxylic acids is 1. The Morgan fingerprint density at radius 1 is 0.903 bits per heavy atom. The van der Waals surface area contributed by atoms with Gasteiger partial charge in [0.15, 0.2) is 0 Å². The monoisotopic (exact) mass is 414 g/mol. The van der Waals surface area contributed by atoms with Gasteiger partial charge in [0.2, 0.25) is 5.91 Å². The highest BCUT2D eigenvalue weighted by Gasteiger charge is 2.18. The van der Waals surface area contributed by atoms with Crippen molar-refractivity contribution < 1.29 is 9.21 Å². The van der Waals surface area contributed by atoms with E-state index in [4.69, 9.17) is 4.42 Å². The van der Waals surface area contributed by atoms with Crippen molar-refractivity contribution in [3.8, 4) is 5.69 Å². The van der Waals surface area contributed by atoms with Crippen molar-refractivity contribution in [2.75, 3.05) is 13.6 Å². The second-order valence-electron chi connectivity index (χ2n) is 7.62. The molecule has 1 amide bonds. The molecule has 0 bridgehead atoms. The maximum absolute atomic E-state index is 13.1. The van der Waals surface area contributed by atoms with Crippen LogP contribution in [0.15, 0.2) is 95.9 Å². The average Bonchev–Trinajstić information content (AvgIpc) is 3.47. The van der Waals surface area contributed by atoms with E-state index in [-0.39, 0.29) is 5.91 Å². The SMILES string of the molecule is CN(CC(=O)N(Cc1ccccc1)Cc1ccco1)Cc1cnn(-c2ccccc2)c1. The zero-order valence-electron chi connectivity index (χ0n) is 17.6. The lowest BCUT2D eigenvalue weighted by atomic mass is 10.2. The Morgan fingerprint density at radius 2 is 1.65 bits per heavy atom. The molecule has 2 aromatic heterocycles. The van der Waals surface area contributed by atoms with Crippen molar-refractivity contribution in [3.05, 3.63) is 108 Å². The minimum absolute atomic E-state index is 0.0539. The van der Waals surface area contributed by atoms with Gasteiger partial charge in [0.05, 0.1) is 31.2 Å². The predicted octanol–water partition coefficient (Wildman–Crippen LogP) is 4.13. The van der Waals surface area contributed by atoms with Crippen LogP contribution in [-0.4, -0.2) is 39.1 Å². The first-order valence-corrected chi connectivity index (χ1v) is 10.3. The normalized spacial score (nSPS) is 11.0. The molecule has 4 aromatic rings. The molecule has 158 valence electrons. The van der Waals surface area contributed by atoms with E-state index in [0.29, 0.717) is 26.2 Å². The number of benzene rings is 2. The Balaban J connectivity index is 1.39. The topological polar surface area (TPSA) is 54.5 Å². The summed E-state index contributed by atoms with van der Waals surface area (Å²) >= 11 is 0. The lowest BCUT2D eigenvalue weighted by Gasteiger charge is -2.25. The maximum atomic E-state index is 13.1. The van der Waals surface area contributed by atoms with Crippen molar-refractivity contribution in [3.63, 3.8) is 0 Å². The minimum atomic E-state index is 0.0539. The van der Waals surface area contributed by atoms with Crippen LogP contribution in [0.3, 0.4) is 0 Å². The molecule has 31 heavy (non-hydrogen) atoms. The summed E-state index contributed by atoms with van der Waals surface area (Å²) in [5.74, 6) is 0.828. The first kappa shape index (κ1) is 20.6.